The lowest BCUT2D eigenvalue weighted by atomic mass is 10.1. The number of piperazine rings is 1. The van der Waals surface area contributed by atoms with E-state index in [4.69, 9.17) is 4.42 Å². The summed E-state index contributed by atoms with van der Waals surface area (Å²) < 4.78 is 5.17. The molecule has 0 bridgehead atoms. The molecule has 2 aliphatic heterocycles. The minimum absolute atomic E-state index is 0.0634. The molecule has 0 aliphatic carbocycles. The smallest absolute Gasteiger partial charge is 0.341 e. The zero-order valence-electron chi connectivity index (χ0n) is 14.3. The van der Waals surface area contributed by atoms with Crippen LogP contribution in [0.5, 0.6) is 0 Å². The molecule has 7 heteroatoms. The van der Waals surface area contributed by atoms with Crippen molar-refractivity contribution in [2.24, 2.45) is 5.10 Å². The number of hydrogen-bond donors (Lipinski definition) is 0. The van der Waals surface area contributed by atoms with Crippen LogP contribution in [0.2, 0.25) is 0 Å². The molecule has 2 aliphatic rings. The molecule has 0 saturated carbocycles. The second kappa shape index (κ2) is 7.03. The Balaban J connectivity index is 1.39. The van der Waals surface area contributed by atoms with Crippen LogP contribution >= 0.6 is 0 Å². The summed E-state index contributed by atoms with van der Waals surface area (Å²) in [4.78, 5) is 28.7. The second-order valence-corrected chi connectivity index (χ2v) is 6.34. The largest absolute Gasteiger partial charge is 0.459 e. The third-order valence-corrected chi connectivity index (χ3v) is 4.78. The van der Waals surface area contributed by atoms with Crippen molar-refractivity contribution in [1.82, 2.24) is 14.8 Å². The van der Waals surface area contributed by atoms with E-state index in [1.54, 1.807) is 33.2 Å². The minimum Gasteiger partial charge on any atom is -0.459 e. The predicted molar refractivity (Wildman–Crippen MR) is 95.7 cm³/mol. The van der Waals surface area contributed by atoms with Gasteiger partial charge in [-0.3, -0.25) is 4.79 Å². The highest BCUT2D eigenvalue weighted by Crippen LogP contribution is 2.29. The molecule has 1 fully saturated rings. The number of hydrogen-bond acceptors (Lipinski definition) is 4. The highest BCUT2D eigenvalue weighted by Gasteiger charge is 2.33. The van der Waals surface area contributed by atoms with Gasteiger partial charge >= 0.3 is 6.03 Å². The average molecular weight is 352 g/mol. The summed E-state index contributed by atoms with van der Waals surface area (Å²) in [5, 5.41) is 5.84. The fraction of sp³-hybridized carbons (Fsp3) is 0.316. The van der Waals surface area contributed by atoms with Crippen molar-refractivity contribution in [3.05, 3.63) is 60.1 Å². The summed E-state index contributed by atoms with van der Waals surface area (Å²) in [6, 6.07) is 13.1. The molecule has 1 aromatic heterocycles. The van der Waals surface area contributed by atoms with Gasteiger partial charge in [0.2, 0.25) is 0 Å². The normalized spacial score (nSPS) is 19.8. The zero-order chi connectivity index (χ0) is 17.9. The Hall–Kier alpha value is -3.09. The maximum atomic E-state index is 12.9. The first-order valence-corrected chi connectivity index (χ1v) is 8.72. The van der Waals surface area contributed by atoms with E-state index in [1.165, 1.54) is 6.26 Å². The van der Waals surface area contributed by atoms with Crippen molar-refractivity contribution in [3.63, 3.8) is 0 Å². The molecule has 1 saturated heterocycles. The molecule has 2 aromatic rings. The van der Waals surface area contributed by atoms with Crippen LogP contribution in [-0.2, 0) is 0 Å². The molecule has 3 amide bonds. The van der Waals surface area contributed by atoms with Gasteiger partial charge in [-0.15, -0.1) is 0 Å². The molecular formula is C19H20N4O3. The van der Waals surface area contributed by atoms with E-state index >= 15 is 0 Å². The quantitative estimate of drug-likeness (QED) is 0.834. The first-order valence-electron chi connectivity index (χ1n) is 8.72. The van der Waals surface area contributed by atoms with Crippen LogP contribution in [0.3, 0.4) is 0 Å². The molecular weight excluding hydrogens is 332 g/mol. The van der Waals surface area contributed by atoms with E-state index in [1.807, 2.05) is 30.3 Å². The highest BCUT2D eigenvalue weighted by atomic mass is 16.3. The van der Waals surface area contributed by atoms with Crippen LogP contribution in [0.4, 0.5) is 4.79 Å². The van der Waals surface area contributed by atoms with Crippen molar-refractivity contribution in [2.45, 2.75) is 12.5 Å². The van der Waals surface area contributed by atoms with Crippen LogP contribution in [0, 0.1) is 0 Å². The van der Waals surface area contributed by atoms with Gasteiger partial charge in [0.1, 0.15) is 0 Å². The molecule has 3 heterocycles. The summed E-state index contributed by atoms with van der Waals surface area (Å²) in [5.74, 6) is 0.196. The summed E-state index contributed by atoms with van der Waals surface area (Å²) in [7, 11) is 0. The number of nitrogens with zero attached hydrogens (tertiary/aromatic N) is 4. The van der Waals surface area contributed by atoms with Gasteiger partial charge in [-0.2, -0.15) is 5.10 Å². The van der Waals surface area contributed by atoms with E-state index in [2.05, 4.69) is 5.10 Å². The summed E-state index contributed by atoms with van der Waals surface area (Å²) in [6.45, 7) is 1.94. The van der Waals surface area contributed by atoms with Gasteiger partial charge in [-0.1, -0.05) is 30.3 Å². The number of urea groups is 1. The van der Waals surface area contributed by atoms with E-state index in [0.29, 0.717) is 38.4 Å². The summed E-state index contributed by atoms with van der Waals surface area (Å²) in [5.41, 5.74) is 1.07. The monoisotopic (exact) mass is 352 g/mol. The first-order chi connectivity index (χ1) is 12.7. The number of carbonyl (C=O) groups excluding carboxylic acids is 2. The molecule has 0 N–H and O–H groups in total. The Bertz CT molecular complexity index is 795. The lowest BCUT2D eigenvalue weighted by molar-refractivity contribution is 0.0601. The topological polar surface area (TPSA) is 69.4 Å². The standard InChI is InChI=1S/C19H20N4O3/c24-18(17-7-4-14-26-17)21-10-12-22(13-11-21)19(25)23-16(8-9-20-23)15-5-2-1-3-6-15/h1-7,9,14,16H,8,10-13H2. The van der Waals surface area contributed by atoms with E-state index in [0.717, 1.165) is 5.56 Å². The number of benzene rings is 1. The van der Waals surface area contributed by atoms with Crippen LogP contribution in [0.25, 0.3) is 0 Å². The molecule has 1 aromatic carbocycles. The lowest BCUT2D eigenvalue weighted by Crippen LogP contribution is -2.53. The van der Waals surface area contributed by atoms with Crippen molar-refractivity contribution in [3.8, 4) is 0 Å². The fourth-order valence-corrected chi connectivity index (χ4v) is 3.35. The van der Waals surface area contributed by atoms with Gasteiger partial charge in [0.25, 0.3) is 5.91 Å². The number of rotatable bonds is 2. The fourth-order valence-electron chi connectivity index (χ4n) is 3.35. The van der Waals surface area contributed by atoms with E-state index in [9.17, 15) is 9.59 Å². The average Bonchev–Trinajstić information content (AvgIpc) is 3.39. The van der Waals surface area contributed by atoms with Crippen molar-refractivity contribution >= 4 is 18.2 Å². The van der Waals surface area contributed by atoms with Crippen LogP contribution in [0.15, 0.2) is 58.2 Å². The van der Waals surface area contributed by atoms with Gasteiger partial charge < -0.3 is 14.2 Å². The molecule has 7 nitrogen and oxygen atoms in total. The van der Waals surface area contributed by atoms with Crippen molar-refractivity contribution in [1.29, 1.82) is 0 Å². The van der Waals surface area contributed by atoms with Gasteiger partial charge in [0.05, 0.1) is 12.3 Å². The van der Waals surface area contributed by atoms with Crippen LogP contribution in [0.1, 0.15) is 28.6 Å². The molecule has 0 spiro atoms. The SMILES string of the molecule is O=C(c1ccco1)N1CCN(C(=O)N2N=CCC2c2ccccc2)CC1. The number of amides is 3. The molecule has 4 rings (SSSR count). The summed E-state index contributed by atoms with van der Waals surface area (Å²) in [6.07, 6.45) is 3.99. The molecule has 0 radical (unpaired) electrons. The maximum Gasteiger partial charge on any atom is 0.341 e. The van der Waals surface area contributed by atoms with Crippen LogP contribution in [-0.4, -0.2) is 59.1 Å². The van der Waals surface area contributed by atoms with Gasteiger partial charge in [-0.05, 0) is 17.7 Å². The lowest BCUT2D eigenvalue weighted by Gasteiger charge is -2.36. The Kier molecular flexibility index (Phi) is 4.43. The first kappa shape index (κ1) is 16.4. The van der Waals surface area contributed by atoms with E-state index in [-0.39, 0.29) is 18.0 Å². The Labute approximate surface area is 151 Å². The maximum absolute atomic E-state index is 12.9. The minimum atomic E-state index is -0.136. The zero-order valence-corrected chi connectivity index (χ0v) is 14.3. The predicted octanol–water partition coefficient (Wildman–Crippen LogP) is 2.59. The van der Waals surface area contributed by atoms with Crippen molar-refractivity contribution < 1.29 is 14.0 Å². The Morgan fingerprint density at radius 3 is 2.38 bits per heavy atom. The van der Waals surface area contributed by atoms with Gasteiger partial charge in [0.15, 0.2) is 5.76 Å². The molecule has 1 unspecified atom stereocenters. The third-order valence-electron chi connectivity index (χ3n) is 4.78. The van der Waals surface area contributed by atoms with E-state index < -0.39 is 0 Å². The molecule has 1 atom stereocenters. The second-order valence-electron chi connectivity index (χ2n) is 6.34. The number of furan rings is 1. The van der Waals surface area contributed by atoms with Crippen molar-refractivity contribution in [2.75, 3.05) is 26.2 Å². The third kappa shape index (κ3) is 3.08. The van der Waals surface area contributed by atoms with Crippen LogP contribution < -0.4 is 0 Å². The molecule has 134 valence electrons. The highest BCUT2D eigenvalue weighted by molar-refractivity contribution is 5.91. The van der Waals surface area contributed by atoms with Gasteiger partial charge in [-0.25, -0.2) is 9.80 Å². The number of hydrazone groups is 1. The van der Waals surface area contributed by atoms with Gasteiger partial charge in [0, 0.05) is 38.8 Å². The summed E-state index contributed by atoms with van der Waals surface area (Å²) >= 11 is 0. The Morgan fingerprint density at radius 1 is 0.962 bits per heavy atom. The molecule has 26 heavy (non-hydrogen) atoms. The Morgan fingerprint density at radius 2 is 1.69 bits per heavy atom. The number of carbonyl (C=O) groups is 2.